The van der Waals surface area contributed by atoms with E-state index in [4.69, 9.17) is 9.97 Å². The van der Waals surface area contributed by atoms with Crippen LogP contribution in [0.3, 0.4) is 0 Å². The van der Waals surface area contributed by atoms with E-state index in [0.29, 0.717) is 67.4 Å². The minimum atomic E-state index is -0.509. The number of nitrogens with zero attached hydrogens (tertiary/aromatic N) is 14. The number of nitrogens with one attached hydrogen (secondary N) is 5. The normalized spacial score (nSPS) is 15.7. The first-order chi connectivity index (χ1) is 40.1. The Morgan fingerprint density at radius 3 is 1.76 bits per heavy atom. The van der Waals surface area contributed by atoms with E-state index in [1.54, 1.807) is 43.2 Å². The fourth-order valence-corrected chi connectivity index (χ4v) is 10.7. The average molecular weight is 1100 g/mol. The minimum Gasteiger partial charge on any atom is -0.366 e. The number of H-pyrrole nitrogens is 4. The van der Waals surface area contributed by atoms with Gasteiger partial charge in [0.15, 0.2) is 23.3 Å². The van der Waals surface area contributed by atoms with E-state index in [2.05, 4.69) is 112 Å². The standard InChI is InChI=1S/C30H27FN10.C29H34FN9.C2H6/c1-18(19-6-4-3-5-7-19)35-21-12-20(13-32-14-21)27-26(31)25-22(16-34-27)38-39-29(25)30-36-23-15-33-17-24(28(23)37-30)41-10-8-40(2)9-11-41;1-4-19(18-38-8-6-7-9-38)14-20(5-2)26-25(30)24-21(16-32-26)35-36-28(24)29-33-22-15-31-17-23(27(22)34-29)39-12-10-37(3)11-13-39;1-2/h3-7,12-17,35H,1,8-11H2,2H3,(H,36,37)(H,38,39);4-5,14-17H,1,6-13,18H2,2-3H3,(H,33,34)(H,35,36);1-2H3/b;19-14+,20-5+;. The second kappa shape index (κ2) is 24.4. The molecular weight excluding hydrogens is 1040 g/mol. The van der Waals surface area contributed by atoms with Crippen LogP contribution in [0.25, 0.3) is 89.4 Å². The Labute approximate surface area is 474 Å². The van der Waals surface area contributed by atoms with Crippen molar-refractivity contribution in [3.05, 3.63) is 146 Å². The quantitative estimate of drug-likeness (QED) is 0.0681. The number of anilines is 3. The van der Waals surface area contributed by atoms with E-state index in [1.807, 2.05) is 81.7 Å². The molecule has 3 aliphatic heterocycles. The smallest absolute Gasteiger partial charge is 0.161 e. The summed E-state index contributed by atoms with van der Waals surface area (Å²) < 4.78 is 32.4. The van der Waals surface area contributed by atoms with E-state index in [-0.39, 0.29) is 11.4 Å². The molecule has 1 aromatic carbocycles. The average Bonchev–Trinajstić information content (AvgIpc) is 4.51. The third kappa shape index (κ3) is 11.2. The summed E-state index contributed by atoms with van der Waals surface area (Å²) in [6, 6.07) is 11.6. The second-order valence-electron chi connectivity index (χ2n) is 20.5. The zero-order valence-electron chi connectivity index (χ0n) is 46.9. The Balaban J connectivity index is 0.000000167. The molecule has 10 aromatic rings. The van der Waals surface area contributed by atoms with Gasteiger partial charge >= 0.3 is 0 Å². The summed E-state index contributed by atoms with van der Waals surface area (Å²) >= 11 is 0. The number of fused-ring (bicyclic) bond motifs is 4. The van der Waals surface area contributed by atoms with Crippen molar-refractivity contribution in [1.82, 2.24) is 80.0 Å². The number of aromatic nitrogens is 13. The van der Waals surface area contributed by atoms with Gasteiger partial charge in [0.1, 0.15) is 33.8 Å². The van der Waals surface area contributed by atoms with E-state index in [1.165, 1.54) is 12.8 Å². The van der Waals surface area contributed by atoms with Crippen LogP contribution in [0.1, 0.15) is 44.9 Å². The molecule has 0 atom stereocenters. The summed E-state index contributed by atoms with van der Waals surface area (Å²) in [6.07, 6.45) is 21.8. The molecule has 12 heterocycles. The molecular formula is C61H67F2N19. The molecule has 3 fully saturated rings. The number of hydrogen-bond donors (Lipinski definition) is 5. The molecule has 82 heavy (non-hydrogen) atoms. The number of allylic oxidation sites excluding steroid dienone is 3. The second-order valence-corrected chi connectivity index (χ2v) is 20.5. The lowest BCUT2D eigenvalue weighted by Gasteiger charge is -2.33. The van der Waals surface area contributed by atoms with E-state index in [0.717, 1.165) is 117 Å². The highest BCUT2D eigenvalue weighted by molar-refractivity contribution is 5.99. The Morgan fingerprint density at radius 1 is 0.646 bits per heavy atom. The number of likely N-dealkylation sites (tertiary alicyclic amines) is 1. The first kappa shape index (κ1) is 54.9. The van der Waals surface area contributed by atoms with E-state index >= 15 is 8.78 Å². The highest BCUT2D eigenvalue weighted by Crippen LogP contribution is 2.37. The van der Waals surface area contributed by atoms with Crippen LogP contribution in [0.15, 0.2) is 123 Å². The van der Waals surface area contributed by atoms with Gasteiger partial charge in [-0.25, -0.2) is 18.7 Å². The van der Waals surface area contributed by atoms with Crippen LogP contribution in [-0.4, -0.2) is 166 Å². The number of rotatable bonds is 13. The molecule has 21 heteroatoms. The molecule has 5 N–H and O–H groups in total. The Hall–Kier alpha value is -9.05. The van der Waals surface area contributed by atoms with Crippen LogP contribution in [0, 0.1) is 11.6 Å². The van der Waals surface area contributed by atoms with E-state index in [9.17, 15) is 0 Å². The van der Waals surface area contributed by atoms with Crippen molar-refractivity contribution in [3.8, 4) is 34.3 Å². The minimum absolute atomic E-state index is 0.164. The lowest BCUT2D eigenvalue weighted by atomic mass is 10.0. The lowest BCUT2D eigenvalue weighted by Crippen LogP contribution is -2.44. The molecule has 0 radical (unpaired) electrons. The van der Waals surface area contributed by atoms with Crippen molar-refractivity contribution in [3.63, 3.8) is 0 Å². The zero-order valence-corrected chi connectivity index (χ0v) is 46.9. The molecule has 0 aliphatic carbocycles. The predicted octanol–water partition coefficient (Wildman–Crippen LogP) is 10.4. The number of imidazole rings is 2. The molecule has 3 aliphatic rings. The molecule has 0 saturated carbocycles. The monoisotopic (exact) mass is 1100 g/mol. The number of piperazine rings is 2. The third-order valence-corrected chi connectivity index (χ3v) is 15.2. The van der Waals surface area contributed by atoms with Crippen molar-refractivity contribution in [2.75, 3.05) is 101 Å². The van der Waals surface area contributed by atoms with Crippen LogP contribution < -0.4 is 15.1 Å². The molecule has 0 unspecified atom stereocenters. The van der Waals surface area contributed by atoms with Gasteiger partial charge in [0.25, 0.3) is 0 Å². The van der Waals surface area contributed by atoms with Crippen molar-refractivity contribution in [1.29, 1.82) is 0 Å². The molecule has 9 aromatic heterocycles. The Kier molecular flexibility index (Phi) is 16.3. The number of benzene rings is 1. The maximum Gasteiger partial charge on any atom is 0.161 e. The molecule has 0 spiro atoms. The first-order valence-electron chi connectivity index (χ1n) is 27.9. The van der Waals surface area contributed by atoms with Crippen LogP contribution in [0.2, 0.25) is 0 Å². The van der Waals surface area contributed by atoms with Gasteiger partial charge in [0, 0.05) is 76.4 Å². The summed E-state index contributed by atoms with van der Waals surface area (Å²) in [5, 5.41) is 18.6. The van der Waals surface area contributed by atoms with Gasteiger partial charge in [-0.05, 0) is 75.8 Å². The van der Waals surface area contributed by atoms with Gasteiger partial charge in [-0.2, -0.15) is 10.2 Å². The predicted molar refractivity (Wildman–Crippen MR) is 324 cm³/mol. The van der Waals surface area contributed by atoms with Crippen LogP contribution in [-0.2, 0) is 0 Å². The third-order valence-electron chi connectivity index (χ3n) is 15.2. The maximum atomic E-state index is 16.2. The lowest BCUT2D eigenvalue weighted by molar-refractivity contribution is 0.313. The number of hydrogen-bond acceptors (Lipinski definition) is 15. The van der Waals surface area contributed by atoms with Crippen molar-refractivity contribution in [2.45, 2.75) is 33.6 Å². The number of halogens is 2. The van der Waals surface area contributed by atoms with Crippen LogP contribution >= 0.6 is 0 Å². The van der Waals surface area contributed by atoms with Gasteiger partial charge in [-0.1, -0.05) is 69.5 Å². The molecule has 3 saturated heterocycles. The van der Waals surface area contributed by atoms with Gasteiger partial charge in [-0.15, -0.1) is 0 Å². The van der Waals surface area contributed by atoms with Gasteiger partial charge in [0.05, 0.1) is 93.3 Å². The summed E-state index contributed by atoms with van der Waals surface area (Å²) in [7, 11) is 4.25. The SMILES string of the molecule is C=C(Nc1cncc(-c2ncc3[nH]nc(-c4nc5c(N6CCN(C)CC6)cncc5[nH]4)c3c2F)c1)c1ccccc1.C=C/C(=C\C(=C/C)c1ncc2[nH]nc(-c3nc4c(N5CCN(C)CC5)cncc4[nH]3)c2c1F)CN1CCCC1.CC. The number of pyridine rings is 5. The molecule has 19 nitrogen and oxygen atoms in total. The largest absolute Gasteiger partial charge is 0.366 e. The van der Waals surface area contributed by atoms with Crippen LogP contribution in [0.5, 0.6) is 0 Å². The maximum absolute atomic E-state index is 16.2. The fourth-order valence-electron chi connectivity index (χ4n) is 10.7. The molecule has 420 valence electrons. The summed E-state index contributed by atoms with van der Waals surface area (Å²) in [6.45, 7) is 24.4. The van der Waals surface area contributed by atoms with Crippen LogP contribution in [0.4, 0.5) is 25.8 Å². The van der Waals surface area contributed by atoms with E-state index < -0.39 is 11.6 Å². The highest BCUT2D eigenvalue weighted by atomic mass is 19.1. The summed E-state index contributed by atoms with van der Waals surface area (Å²) in [5.74, 6) is 0.0143. The Morgan fingerprint density at radius 2 is 1.20 bits per heavy atom. The fraction of sp³-hybridized carbons (Fsp3) is 0.295. The topological polar surface area (TPSA) is 207 Å². The first-order valence-corrected chi connectivity index (χ1v) is 27.9. The number of likely N-dealkylation sites (N-methyl/N-ethyl adjacent to an activating group) is 2. The summed E-state index contributed by atoms with van der Waals surface area (Å²) in [4.78, 5) is 50.0. The van der Waals surface area contributed by atoms with Crippen molar-refractivity contribution < 1.29 is 8.78 Å². The summed E-state index contributed by atoms with van der Waals surface area (Å²) in [5.41, 5.74) is 11.9. The zero-order chi connectivity index (χ0) is 56.9. The number of aromatic amines is 4. The van der Waals surface area contributed by atoms with Crippen molar-refractivity contribution >= 4 is 72.2 Å². The van der Waals surface area contributed by atoms with Crippen molar-refractivity contribution in [2.24, 2.45) is 0 Å². The molecule has 13 rings (SSSR count). The highest BCUT2D eigenvalue weighted by Gasteiger charge is 2.26. The Bertz CT molecular complexity index is 3960. The van der Waals surface area contributed by atoms with Gasteiger partial charge in [-0.3, -0.25) is 40.0 Å². The van der Waals surface area contributed by atoms with Gasteiger partial charge < -0.3 is 34.9 Å². The van der Waals surface area contributed by atoms with Gasteiger partial charge in [0.2, 0.25) is 0 Å². The molecule has 0 amide bonds. The molecule has 0 bridgehead atoms.